The van der Waals surface area contributed by atoms with Gasteiger partial charge in [0, 0.05) is 6.61 Å². The van der Waals surface area contributed by atoms with Crippen molar-refractivity contribution in [1.82, 2.24) is 0 Å². The lowest BCUT2D eigenvalue weighted by Gasteiger charge is -2.41. The standard InChI is InChI=1S/C15H28O2/c1-15(2,3)12-6-4-11(5-7-12)14-10-13(16)8-9-17-14/h11-14,16H,4-10H2,1-3H3. The minimum atomic E-state index is -0.117. The van der Waals surface area contributed by atoms with E-state index in [1.165, 1.54) is 25.7 Å². The van der Waals surface area contributed by atoms with Crippen LogP contribution in [0.15, 0.2) is 0 Å². The lowest BCUT2D eigenvalue weighted by atomic mass is 9.68. The number of hydrogen-bond donors (Lipinski definition) is 1. The van der Waals surface area contributed by atoms with E-state index < -0.39 is 0 Å². The molecule has 0 amide bonds. The smallest absolute Gasteiger partial charge is 0.0627 e. The molecule has 2 unspecified atom stereocenters. The predicted octanol–water partition coefficient (Wildman–Crippen LogP) is 3.38. The first-order valence-corrected chi connectivity index (χ1v) is 7.26. The van der Waals surface area contributed by atoms with Gasteiger partial charge in [0.05, 0.1) is 12.2 Å². The van der Waals surface area contributed by atoms with Gasteiger partial charge in [-0.3, -0.25) is 0 Å². The molecule has 1 aliphatic heterocycles. The molecule has 2 heteroatoms. The molecule has 0 aromatic heterocycles. The van der Waals surface area contributed by atoms with Crippen molar-refractivity contribution in [3.05, 3.63) is 0 Å². The first-order valence-electron chi connectivity index (χ1n) is 7.26. The minimum absolute atomic E-state index is 0.117. The van der Waals surface area contributed by atoms with Crippen molar-refractivity contribution in [3.63, 3.8) is 0 Å². The Morgan fingerprint density at radius 1 is 1.00 bits per heavy atom. The Morgan fingerprint density at radius 3 is 2.18 bits per heavy atom. The van der Waals surface area contributed by atoms with E-state index in [4.69, 9.17) is 4.74 Å². The molecule has 2 aliphatic rings. The maximum Gasteiger partial charge on any atom is 0.0627 e. The van der Waals surface area contributed by atoms with Gasteiger partial charge in [0.25, 0.3) is 0 Å². The van der Waals surface area contributed by atoms with Crippen molar-refractivity contribution in [3.8, 4) is 0 Å². The monoisotopic (exact) mass is 240 g/mol. The normalized spacial score (nSPS) is 40.2. The van der Waals surface area contributed by atoms with Crippen molar-refractivity contribution < 1.29 is 9.84 Å². The molecule has 0 radical (unpaired) electrons. The topological polar surface area (TPSA) is 29.5 Å². The first kappa shape index (κ1) is 13.4. The Morgan fingerprint density at radius 2 is 1.65 bits per heavy atom. The van der Waals surface area contributed by atoms with Gasteiger partial charge in [-0.05, 0) is 55.8 Å². The van der Waals surface area contributed by atoms with E-state index in [9.17, 15) is 5.11 Å². The van der Waals surface area contributed by atoms with Crippen LogP contribution in [0, 0.1) is 17.3 Å². The summed E-state index contributed by atoms with van der Waals surface area (Å²) in [6.45, 7) is 7.83. The molecule has 0 bridgehead atoms. The molecule has 1 aliphatic carbocycles. The van der Waals surface area contributed by atoms with Crippen molar-refractivity contribution >= 4 is 0 Å². The first-order chi connectivity index (χ1) is 7.97. The number of ether oxygens (including phenoxy) is 1. The number of aliphatic hydroxyl groups is 1. The summed E-state index contributed by atoms with van der Waals surface area (Å²) in [5.74, 6) is 1.57. The highest BCUT2D eigenvalue weighted by atomic mass is 16.5. The zero-order valence-electron chi connectivity index (χ0n) is 11.6. The third kappa shape index (κ3) is 3.45. The van der Waals surface area contributed by atoms with Gasteiger partial charge in [-0.2, -0.15) is 0 Å². The summed E-state index contributed by atoms with van der Waals surface area (Å²) in [5.41, 5.74) is 0.456. The molecule has 2 fully saturated rings. The quantitative estimate of drug-likeness (QED) is 0.761. The fourth-order valence-corrected chi connectivity index (χ4v) is 3.50. The molecule has 1 saturated heterocycles. The van der Waals surface area contributed by atoms with Gasteiger partial charge in [0.1, 0.15) is 0 Å². The van der Waals surface area contributed by atoms with E-state index in [1.54, 1.807) is 0 Å². The van der Waals surface area contributed by atoms with Crippen molar-refractivity contribution in [2.24, 2.45) is 17.3 Å². The lowest BCUT2D eigenvalue weighted by Crippen LogP contribution is -2.37. The van der Waals surface area contributed by atoms with Crippen LogP contribution in [-0.4, -0.2) is 23.9 Å². The Balaban J connectivity index is 1.82. The predicted molar refractivity (Wildman–Crippen MR) is 69.9 cm³/mol. The van der Waals surface area contributed by atoms with Crippen LogP contribution < -0.4 is 0 Å². The van der Waals surface area contributed by atoms with Crippen LogP contribution in [-0.2, 0) is 4.74 Å². The minimum Gasteiger partial charge on any atom is -0.393 e. The molecule has 1 N–H and O–H groups in total. The maximum atomic E-state index is 9.71. The van der Waals surface area contributed by atoms with E-state index >= 15 is 0 Å². The highest BCUT2D eigenvalue weighted by Gasteiger charge is 2.35. The lowest BCUT2D eigenvalue weighted by molar-refractivity contribution is -0.0803. The van der Waals surface area contributed by atoms with E-state index in [0.717, 1.165) is 25.4 Å². The van der Waals surface area contributed by atoms with Crippen LogP contribution in [0.2, 0.25) is 0 Å². The van der Waals surface area contributed by atoms with Gasteiger partial charge in [0.2, 0.25) is 0 Å². The van der Waals surface area contributed by atoms with Gasteiger partial charge in [-0.25, -0.2) is 0 Å². The van der Waals surface area contributed by atoms with Crippen molar-refractivity contribution in [2.45, 2.75) is 71.5 Å². The van der Waals surface area contributed by atoms with E-state index in [-0.39, 0.29) is 6.10 Å². The average molecular weight is 240 g/mol. The van der Waals surface area contributed by atoms with E-state index in [1.807, 2.05) is 0 Å². The molecule has 2 atom stereocenters. The molecule has 1 saturated carbocycles. The second-order valence-corrected chi connectivity index (χ2v) is 7.07. The summed E-state index contributed by atoms with van der Waals surface area (Å²) in [6.07, 6.45) is 7.17. The summed E-state index contributed by atoms with van der Waals surface area (Å²) in [4.78, 5) is 0. The van der Waals surface area contributed by atoms with Crippen LogP contribution in [0.5, 0.6) is 0 Å². The fourth-order valence-electron chi connectivity index (χ4n) is 3.50. The number of hydrogen-bond acceptors (Lipinski definition) is 2. The molecular weight excluding hydrogens is 212 g/mol. The Hall–Kier alpha value is -0.0800. The average Bonchev–Trinajstić information content (AvgIpc) is 2.28. The maximum absolute atomic E-state index is 9.71. The van der Waals surface area contributed by atoms with Crippen LogP contribution in [0.1, 0.15) is 59.3 Å². The van der Waals surface area contributed by atoms with Gasteiger partial charge in [0.15, 0.2) is 0 Å². The highest BCUT2D eigenvalue weighted by molar-refractivity contribution is 4.85. The molecule has 0 aromatic rings. The van der Waals surface area contributed by atoms with Crippen LogP contribution >= 0.6 is 0 Å². The SMILES string of the molecule is CC(C)(C)C1CCC(C2CC(O)CCO2)CC1. The van der Waals surface area contributed by atoms with Crippen LogP contribution in [0.25, 0.3) is 0 Å². The summed E-state index contributed by atoms with van der Waals surface area (Å²) in [6, 6.07) is 0. The number of aliphatic hydroxyl groups excluding tert-OH is 1. The zero-order valence-corrected chi connectivity index (χ0v) is 11.6. The number of rotatable bonds is 1. The summed E-state index contributed by atoms with van der Waals surface area (Å²) in [7, 11) is 0. The molecule has 0 aromatic carbocycles. The van der Waals surface area contributed by atoms with Gasteiger partial charge < -0.3 is 9.84 Å². The second kappa shape index (κ2) is 5.27. The summed E-state index contributed by atoms with van der Waals surface area (Å²) in [5, 5.41) is 9.71. The van der Waals surface area contributed by atoms with Crippen molar-refractivity contribution in [1.29, 1.82) is 0 Å². The molecule has 1 heterocycles. The largest absolute Gasteiger partial charge is 0.393 e. The van der Waals surface area contributed by atoms with E-state index in [2.05, 4.69) is 20.8 Å². The van der Waals surface area contributed by atoms with Crippen LogP contribution in [0.3, 0.4) is 0 Å². The third-order valence-corrected chi connectivity index (χ3v) is 4.81. The van der Waals surface area contributed by atoms with Crippen molar-refractivity contribution in [2.75, 3.05) is 6.61 Å². The zero-order chi connectivity index (χ0) is 12.5. The Kier molecular flexibility index (Phi) is 4.14. The Labute approximate surface area is 106 Å². The molecule has 0 spiro atoms. The molecule has 17 heavy (non-hydrogen) atoms. The van der Waals surface area contributed by atoms with Gasteiger partial charge in [-0.15, -0.1) is 0 Å². The molecule has 2 rings (SSSR count). The fraction of sp³-hybridized carbons (Fsp3) is 1.00. The Bertz CT molecular complexity index is 236. The molecular formula is C15H28O2. The van der Waals surface area contributed by atoms with Gasteiger partial charge in [-0.1, -0.05) is 20.8 Å². The third-order valence-electron chi connectivity index (χ3n) is 4.81. The van der Waals surface area contributed by atoms with Gasteiger partial charge >= 0.3 is 0 Å². The van der Waals surface area contributed by atoms with E-state index in [0.29, 0.717) is 17.4 Å². The molecule has 100 valence electrons. The summed E-state index contributed by atoms with van der Waals surface area (Å²) < 4.78 is 5.85. The molecule has 2 nitrogen and oxygen atoms in total. The summed E-state index contributed by atoms with van der Waals surface area (Å²) >= 11 is 0. The second-order valence-electron chi connectivity index (χ2n) is 7.07. The highest BCUT2D eigenvalue weighted by Crippen LogP contribution is 2.42. The van der Waals surface area contributed by atoms with Crippen LogP contribution in [0.4, 0.5) is 0 Å².